The molecule has 1 N–H and O–H groups in total. The molecule has 4 heteroatoms. The summed E-state index contributed by atoms with van der Waals surface area (Å²) in [6, 6.07) is 14.4. The number of nitrogens with one attached hydrogen (secondary N) is 1. The lowest BCUT2D eigenvalue weighted by Crippen LogP contribution is -2.41. The number of furan rings is 1. The van der Waals surface area contributed by atoms with Crippen LogP contribution in [0.1, 0.15) is 24.2 Å². The average molecular weight is 312 g/mol. The molecule has 1 aliphatic heterocycles. The molecule has 122 valence electrons. The number of piperidine rings is 1. The number of hydrogen-bond acceptors (Lipinski definition) is 3. The zero-order valence-corrected chi connectivity index (χ0v) is 13.4. The maximum absolute atomic E-state index is 12.0. The van der Waals surface area contributed by atoms with E-state index >= 15 is 0 Å². The largest absolute Gasteiger partial charge is 0.467 e. The Morgan fingerprint density at radius 2 is 1.91 bits per heavy atom. The highest BCUT2D eigenvalue weighted by Gasteiger charge is 2.21. The van der Waals surface area contributed by atoms with Gasteiger partial charge in [0.2, 0.25) is 5.91 Å². The molecule has 1 aliphatic rings. The Bertz CT molecular complexity index is 587. The number of carbonyl (C=O) groups excluding carboxylic acids is 1. The smallest absolute Gasteiger partial charge is 0.234 e. The quantitative estimate of drug-likeness (QED) is 0.892. The summed E-state index contributed by atoms with van der Waals surface area (Å²) in [5, 5.41) is 2.91. The van der Waals surface area contributed by atoms with E-state index in [-0.39, 0.29) is 5.91 Å². The van der Waals surface area contributed by atoms with Crippen LogP contribution in [-0.2, 0) is 17.8 Å². The number of amides is 1. The summed E-state index contributed by atoms with van der Waals surface area (Å²) in [6.45, 7) is 2.96. The van der Waals surface area contributed by atoms with Crippen molar-refractivity contribution >= 4 is 5.91 Å². The molecule has 4 nitrogen and oxygen atoms in total. The number of hydrogen-bond donors (Lipinski definition) is 1. The predicted octanol–water partition coefficient (Wildman–Crippen LogP) is 2.85. The van der Waals surface area contributed by atoms with Crippen LogP contribution < -0.4 is 5.32 Å². The van der Waals surface area contributed by atoms with Crippen LogP contribution in [0.3, 0.4) is 0 Å². The molecule has 0 unspecified atom stereocenters. The van der Waals surface area contributed by atoms with Crippen molar-refractivity contribution in [2.24, 2.45) is 5.92 Å². The van der Waals surface area contributed by atoms with Gasteiger partial charge >= 0.3 is 0 Å². The van der Waals surface area contributed by atoms with E-state index in [1.807, 2.05) is 12.1 Å². The van der Waals surface area contributed by atoms with E-state index < -0.39 is 0 Å². The highest BCUT2D eigenvalue weighted by molar-refractivity contribution is 5.77. The SMILES string of the molecule is O=C(CN1CCC(Cc2ccccc2)CC1)NCc1ccco1. The Morgan fingerprint density at radius 1 is 1.13 bits per heavy atom. The molecular formula is C19H24N2O2. The van der Waals surface area contributed by atoms with Crippen LogP contribution in [0.4, 0.5) is 0 Å². The Balaban J connectivity index is 1.36. The molecule has 0 bridgehead atoms. The van der Waals surface area contributed by atoms with Gasteiger partial charge in [0.15, 0.2) is 0 Å². The van der Waals surface area contributed by atoms with Gasteiger partial charge in [-0.25, -0.2) is 0 Å². The summed E-state index contributed by atoms with van der Waals surface area (Å²) in [6.07, 6.45) is 5.11. The lowest BCUT2D eigenvalue weighted by molar-refractivity contribution is -0.122. The Labute approximate surface area is 137 Å². The topological polar surface area (TPSA) is 45.5 Å². The van der Waals surface area contributed by atoms with E-state index in [1.165, 1.54) is 18.4 Å². The van der Waals surface area contributed by atoms with Crippen LogP contribution in [0.15, 0.2) is 53.1 Å². The first-order valence-corrected chi connectivity index (χ1v) is 8.35. The van der Waals surface area contributed by atoms with Crippen LogP contribution in [0, 0.1) is 5.92 Å². The summed E-state index contributed by atoms with van der Waals surface area (Å²) in [5.74, 6) is 1.60. The maximum atomic E-state index is 12.0. The summed E-state index contributed by atoms with van der Waals surface area (Å²) in [4.78, 5) is 14.2. The fourth-order valence-corrected chi connectivity index (χ4v) is 3.15. The van der Waals surface area contributed by atoms with Gasteiger partial charge in [0.25, 0.3) is 0 Å². The van der Waals surface area contributed by atoms with Gasteiger partial charge in [-0.2, -0.15) is 0 Å². The third kappa shape index (κ3) is 4.96. The standard InChI is InChI=1S/C19H24N2O2/c22-19(20-14-18-7-4-12-23-18)15-21-10-8-17(9-11-21)13-16-5-2-1-3-6-16/h1-7,12,17H,8-11,13-15H2,(H,20,22). The normalized spacial score (nSPS) is 16.3. The lowest BCUT2D eigenvalue weighted by Gasteiger charge is -2.31. The molecule has 1 aromatic heterocycles. The minimum Gasteiger partial charge on any atom is -0.467 e. The maximum Gasteiger partial charge on any atom is 0.234 e. The first-order chi connectivity index (χ1) is 11.3. The van der Waals surface area contributed by atoms with Gasteiger partial charge in [-0.05, 0) is 56.0 Å². The van der Waals surface area contributed by atoms with Crippen molar-refractivity contribution < 1.29 is 9.21 Å². The predicted molar refractivity (Wildman–Crippen MR) is 89.9 cm³/mol. The minimum absolute atomic E-state index is 0.0721. The summed E-state index contributed by atoms with van der Waals surface area (Å²) >= 11 is 0. The zero-order valence-electron chi connectivity index (χ0n) is 13.4. The second kappa shape index (κ2) is 7.97. The first-order valence-electron chi connectivity index (χ1n) is 8.35. The fraction of sp³-hybridized carbons (Fsp3) is 0.421. The molecule has 0 spiro atoms. The highest BCUT2D eigenvalue weighted by Crippen LogP contribution is 2.21. The lowest BCUT2D eigenvalue weighted by atomic mass is 9.90. The van der Waals surface area contributed by atoms with Crippen molar-refractivity contribution in [1.29, 1.82) is 0 Å². The number of carbonyl (C=O) groups is 1. The van der Waals surface area contributed by atoms with E-state index in [9.17, 15) is 4.79 Å². The molecule has 0 radical (unpaired) electrons. The van der Waals surface area contributed by atoms with Gasteiger partial charge in [-0.15, -0.1) is 0 Å². The molecule has 0 aliphatic carbocycles. The minimum atomic E-state index is 0.0721. The van der Waals surface area contributed by atoms with E-state index in [0.29, 0.717) is 13.1 Å². The molecule has 3 rings (SSSR count). The molecular weight excluding hydrogens is 288 g/mol. The molecule has 0 saturated carbocycles. The Hall–Kier alpha value is -2.07. The van der Waals surface area contributed by atoms with Crippen molar-refractivity contribution in [1.82, 2.24) is 10.2 Å². The monoisotopic (exact) mass is 312 g/mol. The van der Waals surface area contributed by atoms with Crippen molar-refractivity contribution in [3.63, 3.8) is 0 Å². The van der Waals surface area contributed by atoms with Crippen molar-refractivity contribution in [3.05, 3.63) is 60.1 Å². The summed E-state index contributed by atoms with van der Waals surface area (Å²) < 4.78 is 5.22. The molecule has 1 aromatic carbocycles. The van der Waals surface area contributed by atoms with Crippen LogP contribution in [0.2, 0.25) is 0 Å². The molecule has 2 aromatic rings. The number of rotatable bonds is 6. The zero-order chi connectivity index (χ0) is 15.9. The van der Waals surface area contributed by atoms with Gasteiger partial charge in [-0.3, -0.25) is 9.69 Å². The second-order valence-corrected chi connectivity index (χ2v) is 6.27. The van der Waals surface area contributed by atoms with Crippen LogP contribution in [0.25, 0.3) is 0 Å². The number of likely N-dealkylation sites (tertiary alicyclic amines) is 1. The third-order valence-corrected chi connectivity index (χ3v) is 4.48. The van der Waals surface area contributed by atoms with Gasteiger partial charge < -0.3 is 9.73 Å². The van der Waals surface area contributed by atoms with E-state index in [4.69, 9.17) is 4.42 Å². The molecule has 2 heterocycles. The molecule has 0 atom stereocenters. The van der Waals surface area contributed by atoms with E-state index in [1.54, 1.807) is 6.26 Å². The second-order valence-electron chi connectivity index (χ2n) is 6.27. The van der Waals surface area contributed by atoms with Crippen molar-refractivity contribution in [3.8, 4) is 0 Å². The summed E-state index contributed by atoms with van der Waals surface area (Å²) in [5.41, 5.74) is 1.42. The van der Waals surface area contributed by atoms with Gasteiger partial charge in [0.05, 0.1) is 19.4 Å². The molecule has 1 amide bonds. The van der Waals surface area contributed by atoms with Gasteiger partial charge in [0, 0.05) is 0 Å². The van der Waals surface area contributed by atoms with Crippen LogP contribution >= 0.6 is 0 Å². The Morgan fingerprint density at radius 3 is 2.61 bits per heavy atom. The molecule has 1 saturated heterocycles. The summed E-state index contributed by atoms with van der Waals surface area (Å²) in [7, 11) is 0. The molecule has 1 fully saturated rings. The first kappa shape index (κ1) is 15.8. The molecule has 23 heavy (non-hydrogen) atoms. The highest BCUT2D eigenvalue weighted by atomic mass is 16.3. The van der Waals surface area contributed by atoms with E-state index in [0.717, 1.165) is 31.2 Å². The van der Waals surface area contributed by atoms with Gasteiger partial charge in [0.1, 0.15) is 5.76 Å². The third-order valence-electron chi connectivity index (χ3n) is 4.48. The van der Waals surface area contributed by atoms with Crippen molar-refractivity contribution in [2.75, 3.05) is 19.6 Å². The van der Waals surface area contributed by atoms with Crippen LogP contribution in [-0.4, -0.2) is 30.4 Å². The fourth-order valence-electron chi connectivity index (χ4n) is 3.15. The number of nitrogens with zero attached hydrogens (tertiary/aromatic N) is 1. The van der Waals surface area contributed by atoms with Gasteiger partial charge in [-0.1, -0.05) is 30.3 Å². The number of benzene rings is 1. The average Bonchev–Trinajstić information content (AvgIpc) is 3.09. The van der Waals surface area contributed by atoms with Crippen LogP contribution in [0.5, 0.6) is 0 Å². The van der Waals surface area contributed by atoms with E-state index in [2.05, 4.69) is 40.5 Å². The Kier molecular flexibility index (Phi) is 5.48. The van der Waals surface area contributed by atoms with Crippen molar-refractivity contribution in [2.45, 2.75) is 25.8 Å².